The van der Waals surface area contributed by atoms with Gasteiger partial charge in [0, 0.05) is 6.54 Å². The largest absolute Gasteiger partial charge is 0.416 e. The fraction of sp³-hybridized carbons (Fsp3) is 0.429. The number of nitrogens with one attached hydrogen (secondary N) is 1. The standard InChI is InChI=1S/C14H15F6N/c1-2-5-21-6-3-4-10-7-11(13(15,16)17)9-12(8-10)14(18,19)20/h3-4,7-9,21H,2,5-6H2,1H3/b4-3+. The average molecular weight is 311 g/mol. The Morgan fingerprint density at radius 3 is 1.90 bits per heavy atom. The lowest BCUT2D eigenvalue weighted by Gasteiger charge is -2.12. The lowest BCUT2D eigenvalue weighted by atomic mass is 10.0. The van der Waals surface area contributed by atoms with E-state index in [-0.39, 0.29) is 11.6 Å². The maximum atomic E-state index is 12.6. The van der Waals surface area contributed by atoms with Crippen LogP contribution in [0.5, 0.6) is 0 Å². The molecule has 0 unspecified atom stereocenters. The van der Waals surface area contributed by atoms with E-state index in [1.807, 2.05) is 6.92 Å². The van der Waals surface area contributed by atoms with Crippen LogP contribution in [-0.4, -0.2) is 13.1 Å². The molecular formula is C14H15F6N. The smallest absolute Gasteiger partial charge is 0.313 e. The molecule has 1 aromatic carbocycles. The predicted molar refractivity (Wildman–Crippen MR) is 68.6 cm³/mol. The van der Waals surface area contributed by atoms with Gasteiger partial charge in [-0.15, -0.1) is 0 Å². The minimum atomic E-state index is -4.82. The van der Waals surface area contributed by atoms with E-state index in [4.69, 9.17) is 0 Å². The van der Waals surface area contributed by atoms with Crippen LogP contribution in [0.3, 0.4) is 0 Å². The third-order valence-electron chi connectivity index (χ3n) is 2.61. The summed E-state index contributed by atoms with van der Waals surface area (Å²) in [5, 5.41) is 2.96. The topological polar surface area (TPSA) is 12.0 Å². The van der Waals surface area contributed by atoms with Crippen LogP contribution in [0, 0.1) is 0 Å². The van der Waals surface area contributed by atoms with Gasteiger partial charge >= 0.3 is 12.4 Å². The number of hydrogen-bond donors (Lipinski definition) is 1. The van der Waals surface area contributed by atoms with Crippen molar-refractivity contribution in [2.45, 2.75) is 25.7 Å². The fourth-order valence-electron chi connectivity index (χ4n) is 1.63. The second-order valence-electron chi connectivity index (χ2n) is 4.45. The van der Waals surface area contributed by atoms with Gasteiger partial charge in [-0.2, -0.15) is 26.3 Å². The third kappa shape index (κ3) is 5.79. The van der Waals surface area contributed by atoms with Crippen LogP contribution in [0.15, 0.2) is 24.3 Å². The van der Waals surface area contributed by atoms with Gasteiger partial charge in [-0.3, -0.25) is 0 Å². The number of halogens is 6. The van der Waals surface area contributed by atoms with Crippen molar-refractivity contribution in [3.05, 3.63) is 41.0 Å². The van der Waals surface area contributed by atoms with E-state index in [1.165, 1.54) is 12.2 Å². The zero-order valence-corrected chi connectivity index (χ0v) is 11.3. The molecule has 0 radical (unpaired) electrons. The van der Waals surface area contributed by atoms with Crippen LogP contribution >= 0.6 is 0 Å². The van der Waals surface area contributed by atoms with Crippen molar-refractivity contribution in [3.63, 3.8) is 0 Å². The molecule has 7 heteroatoms. The molecule has 1 N–H and O–H groups in total. The van der Waals surface area contributed by atoms with Crippen LogP contribution < -0.4 is 5.32 Å². The summed E-state index contributed by atoms with van der Waals surface area (Å²) in [6.07, 6.45) is -6.01. The number of alkyl halides is 6. The molecule has 0 bridgehead atoms. The Labute approximate surface area is 118 Å². The normalized spacial score (nSPS) is 13.1. The number of benzene rings is 1. The van der Waals surface area contributed by atoms with Crippen LogP contribution in [0.4, 0.5) is 26.3 Å². The maximum Gasteiger partial charge on any atom is 0.416 e. The van der Waals surface area contributed by atoms with E-state index >= 15 is 0 Å². The zero-order chi connectivity index (χ0) is 16.1. The van der Waals surface area contributed by atoms with Gasteiger partial charge in [0.2, 0.25) is 0 Å². The monoisotopic (exact) mass is 311 g/mol. The molecule has 0 amide bonds. The highest BCUT2D eigenvalue weighted by molar-refractivity contribution is 5.53. The molecule has 0 spiro atoms. The van der Waals surface area contributed by atoms with Gasteiger partial charge in [0.25, 0.3) is 0 Å². The minimum absolute atomic E-state index is 0.118. The van der Waals surface area contributed by atoms with E-state index in [1.54, 1.807) is 0 Å². The average Bonchev–Trinajstić information content (AvgIpc) is 2.36. The summed E-state index contributed by atoms with van der Waals surface area (Å²) in [4.78, 5) is 0. The fourth-order valence-corrected chi connectivity index (χ4v) is 1.63. The highest BCUT2D eigenvalue weighted by Gasteiger charge is 2.36. The van der Waals surface area contributed by atoms with Crippen LogP contribution in [0.2, 0.25) is 0 Å². The zero-order valence-electron chi connectivity index (χ0n) is 11.3. The summed E-state index contributed by atoms with van der Waals surface area (Å²) in [7, 11) is 0. The van der Waals surface area contributed by atoms with Crippen molar-refractivity contribution >= 4 is 6.08 Å². The first kappa shape index (κ1) is 17.6. The lowest BCUT2D eigenvalue weighted by molar-refractivity contribution is -0.143. The van der Waals surface area contributed by atoms with E-state index in [0.29, 0.717) is 18.7 Å². The molecule has 0 saturated heterocycles. The van der Waals surface area contributed by atoms with Crippen LogP contribution in [-0.2, 0) is 12.4 Å². The minimum Gasteiger partial charge on any atom is -0.313 e. The molecule has 118 valence electrons. The Morgan fingerprint density at radius 2 is 1.48 bits per heavy atom. The molecule has 0 atom stereocenters. The lowest BCUT2D eigenvalue weighted by Crippen LogP contribution is -2.14. The molecular weight excluding hydrogens is 296 g/mol. The van der Waals surface area contributed by atoms with Crippen molar-refractivity contribution in [2.75, 3.05) is 13.1 Å². The summed E-state index contributed by atoms with van der Waals surface area (Å²) in [6, 6.07) is 1.52. The first-order valence-electron chi connectivity index (χ1n) is 6.31. The predicted octanol–water partition coefficient (Wildman–Crippen LogP) is 4.74. The Hall–Kier alpha value is -1.50. The van der Waals surface area contributed by atoms with Gasteiger partial charge in [-0.25, -0.2) is 0 Å². The van der Waals surface area contributed by atoms with Gasteiger partial charge in [0.15, 0.2) is 0 Å². The maximum absolute atomic E-state index is 12.6. The highest BCUT2D eigenvalue weighted by Crippen LogP contribution is 2.36. The molecule has 0 aliphatic rings. The van der Waals surface area contributed by atoms with Crippen molar-refractivity contribution in [1.29, 1.82) is 0 Å². The molecule has 1 aromatic rings. The number of hydrogen-bond acceptors (Lipinski definition) is 1. The van der Waals surface area contributed by atoms with Gasteiger partial charge in [-0.05, 0) is 36.7 Å². The summed E-state index contributed by atoms with van der Waals surface area (Å²) < 4.78 is 75.7. The van der Waals surface area contributed by atoms with Crippen molar-refractivity contribution in [3.8, 4) is 0 Å². The molecule has 0 saturated carbocycles. The van der Waals surface area contributed by atoms with E-state index in [9.17, 15) is 26.3 Å². The molecule has 0 aliphatic carbocycles. The summed E-state index contributed by atoms with van der Waals surface area (Å²) in [6.45, 7) is 3.05. The van der Waals surface area contributed by atoms with Gasteiger partial charge < -0.3 is 5.32 Å². The van der Waals surface area contributed by atoms with Gasteiger partial charge in [0.05, 0.1) is 11.1 Å². The Bertz CT molecular complexity index is 455. The summed E-state index contributed by atoms with van der Waals surface area (Å²) in [5.74, 6) is 0. The second-order valence-corrected chi connectivity index (χ2v) is 4.45. The molecule has 1 nitrogen and oxygen atoms in total. The number of rotatable bonds is 5. The molecule has 0 fully saturated rings. The van der Waals surface area contributed by atoms with Crippen molar-refractivity contribution in [1.82, 2.24) is 5.32 Å². The SMILES string of the molecule is CCCNC/C=C/c1cc(C(F)(F)F)cc(C(F)(F)F)c1. The molecule has 0 aromatic heterocycles. The molecule has 1 rings (SSSR count). The quantitative estimate of drug-likeness (QED) is 0.612. The molecule has 0 aliphatic heterocycles. The van der Waals surface area contributed by atoms with Crippen LogP contribution in [0.25, 0.3) is 6.08 Å². The van der Waals surface area contributed by atoms with E-state index in [0.717, 1.165) is 13.0 Å². The van der Waals surface area contributed by atoms with E-state index < -0.39 is 23.5 Å². The van der Waals surface area contributed by atoms with Gasteiger partial charge in [-0.1, -0.05) is 19.1 Å². The Balaban J connectivity index is 3.03. The third-order valence-corrected chi connectivity index (χ3v) is 2.61. The molecule has 0 heterocycles. The van der Waals surface area contributed by atoms with Crippen molar-refractivity contribution < 1.29 is 26.3 Å². The van der Waals surface area contributed by atoms with E-state index in [2.05, 4.69) is 5.32 Å². The second kappa shape index (κ2) is 6.98. The van der Waals surface area contributed by atoms with Crippen LogP contribution in [0.1, 0.15) is 30.0 Å². The Morgan fingerprint density at radius 1 is 0.952 bits per heavy atom. The Kier molecular flexibility index (Phi) is 5.83. The van der Waals surface area contributed by atoms with Crippen molar-refractivity contribution in [2.24, 2.45) is 0 Å². The van der Waals surface area contributed by atoms with Gasteiger partial charge in [0.1, 0.15) is 0 Å². The first-order valence-corrected chi connectivity index (χ1v) is 6.31. The highest BCUT2D eigenvalue weighted by atomic mass is 19.4. The summed E-state index contributed by atoms with van der Waals surface area (Å²) in [5.41, 5.74) is -2.74. The molecule has 21 heavy (non-hydrogen) atoms. The first-order chi connectivity index (χ1) is 9.64. The summed E-state index contributed by atoms with van der Waals surface area (Å²) >= 11 is 0.